The second-order valence-corrected chi connectivity index (χ2v) is 6.99. The average molecular weight is 302 g/mol. The van der Waals surface area contributed by atoms with Crippen LogP contribution in [0.15, 0.2) is 84.5 Å². The first-order valence-electron chi connectivity index (χ1n) is 7.49. The molecule has 1 nitrogen and oxygen atoms in total. The second kappa shape index (κ2) is 4.48. The van der Waals surface area contributed by atoms with Crippen LogP contribution in [0.3, 0.4) is 0 Å². The van der Waals surface area contributed by atoms with E-state index in [0.29, 0.717) is 0 Å². The molecule has 3 heterocycles. The van der Waals surface area contributed by atoms with Gasteiger partial charge in [-0.2, -0.15) is 0 Å². The lowest BCUT2D eigenvalue weighted by molar-refractivity contribution is 0.114. The van der Waals surface area contributed by atoms with E-state index in [9.17, 15) is 0 Å². The Labute approximate surface area is 134 Å². The fourth-order valence-electron chi connectivity index (χ4n) is 3.43. The summed E-state index contributed by atoms with van der Waals surface area (Å²) < 4.78 is 6.33. The molecular formula is C20H14OS. The predicted molar refractivity (Wildman–Crippen MR) is 92.1 cm³/mol. The summed E-state index contributed by atoms with van der Waals surface area (Å²) in [4.78, 5) is 0.982. The SMILES string of the molecule is C1=CC23OC1C(c1ccccc1)=C2C=C(c1ccccc1)S3. The highest BCUT2D eigenvalue weighted by molar-refractivity contribution is 8.10. The number of hydrogen-bond acceptors (Lipinski definition) is 2. The quantitative estimate of drug-likeness (QED) is 0.730. The first kappa shape index (κ1) is 12.5. The standard InChI is InChI=1S/C20H14OS/c1-3-7-14(8-4-1)18-13-16-19(15-9-5-2-6-10-15)17-11-12-20(16,21-17)22-18/h1-13,17H. The minimum absolute atomic E-state index is 0.0958. The number of thioether (sulfide) groups is 1. The minimum Gasteiger partial charge on any atom is -0.344 e. The molecule has 2 bridgehead atoms. The van der Waals surface area contributed by atoms with E-state index >= 15 is 0 Å². The van der Waals surface area contributed by atoms with E-state index in [0.717, 1.165) is 0 Å². The first-order chi connectivity index (χ1) is 10.9. The summed E-state index contributed by atoms with van der Waals surface area (Å²) in [6.07, 6.45) is 6.82. The molecule has 0 saturated heterocycles. The Morgan fingerprint density at radius 2 is 1.55 bits per heavy atom. The second-order valence-electron chi connectivity index (χ2n) is 5.74. The third-order valence-corrected chi connectivity index (χ3v) is 5.75. The molecule has 0 N–H and O–H groups in total. The Kier molecular flexibility index (Phi) is 2.55. The largest absolute Gasteiger partial charge is 0.344 e. The molecule has 0 aliphatic carbocycles. The van der Waals surface area contributed by atoms with Crippen molar-refractivity contribution in [2.45, 2.75) is 11.0 Å². The third kappa shape index (κ3) is 1.65. The van der Waals surface area contributed by atoms with Gasteiger partial charge in [0.2, 0.25) is 0 Å². The molecule has 22 heavy (non-hydrogen) atoms. The van der Waals surface area contributed by atoms with E-state index in [-0.39, 0.29) is 11.0 Å². The zero-order chi connectivity index (χ0) is 14.6. The highest BCUT2D eigenvalue weighted by atomic mass is 32.2. The number of ether oxygens (including phenoxy) is 1. The Morgan fingerprint density at radius 1 is 0.864 bits per heavy atom. The van der Waals surface area contributed by atoms with Crippen LogP contribution in [0, 0.1) is 0 Å². The van der Waals surface area contributed by atoms with Gasteiger partial charge in [0.1, 0.15) is 6.10 Å². The summed E-state index contributed by atoms with van der Waals surface area (Å²) in [6, 6.07) is 21.1. The van der Waals surface area contributed by atoms with Crippen LogP contribution in [0.4, 0.5) is 0 Å². The van der Waals surface area contributed by atoms with Crippen LogP contribution in [-0.2, 0) is 4.74 Å². The Hall–Kier alpha value is -2.03. The fraction of sp³-hybridized carbons (Fsp3) is 0.100. The molecule has 5 rings (SSSR count). The molecule has 0 aromatic heterocycles. The monoisotopic (exact) mass is 302 g/mol. The highest BCUT2D eigenvalue weighted by Crippen LogP contribution is 2.61. The molecule has 2 aromatic rings. The molecule has 106 valence electrons. The molecule has 0 saturated carbocycles. The normalized spacial score (nSPS) is 28.2. The molecule has 2 atom stereocenters. The van der Waals surface area contributed by atoms with Gasteiger partial charge < -0.3 is 4.74 Å². The topological polar surface area (TPSA) is 9.23 Å². The lowest BCUT2D eigenvalue weighted by atomic mass is 9.91. The Morgan fingerprint density at radius 3 is 2.27 bits per heavy atom. The molecule has 3 aliphatic rings. The van der Waals surface area contributed by atoms with Crippen molar-refractivity contribution in [3.05, 3.63) is 95.6 Å². The summed E-state index contributed by atoms with van der Waals surface area (Å²) in [7, 11) is 0. The van der Waals surface area contributed by atoms with Crippen LogP contribution in [0.25, 0.3) is 10.5 Å². The zero-order valence-corrected chi connectivity index (χ0v) is 12.7. The third-order valence-electron chi connectivity index (χ3n) is 4.42. The van der Waals surface area contributed by atoms with Gasteiger partial charge in [-0.25, -0.2) is 0 Å². The van der Waals surface area contributed by atoms with Crippen molar-refractivity contribution in [1.82, 2.24) is 0 Å². The van der Waals surface area contributed by atoms with Gasteiger partial charge >= 0.3 is 0 Å². The number of benzene rings is 2. The maximum absolute atomic E-state index is 6.33. The van der Waals surface area contributed by atoms with Crippen LogP contribution in [0.1, 0.15) is 11.1 Å². The summed E-state index contributed by atoms with van der Waals surface area (Å²) >= 11 is 1.82. The van der Waals surface area contributed by atoms with Crippen molar-refractivity contribution in [2.75, 3.05) is 0 Å². The van der Waals surface area contributed by atoms with E-state index < -0.39 is 0 Å². The van der Waals surface area contributed by atoms with Gasteiger partial charge in [0.15, 0.2) is 4.93 Å². The van der Waals surface area contributed by atoms with Crippen molar-refractivity contribution >= 4 is 22.2 Å². The lowest BCUT2D eigenvalue weighted by Crippen LogP contribution is -2.17. The van der Waals surface area contributed by atoms with Gasteiger partial charge in [-0.15, -0.1) is 0 Å². The van der Waals surface area contributed by atoms with Crippen molar-refractivity contribution in [3.63, 3.8) is 0 Å². The molecule has 2 unspecified atom stereocenters. The number of rotatable bonds is 2. The predicted octanol–water partition coefficient (Wildman–Crippen LogP) is 4.89. The van der Waals surface area contributed by atoms with Gasteiger partial charge in [0.05, 0.1) is 0 Å². The summed E-state index contributed by atoms with van der Waals surface area (Å²) in [5.74, 6) is 0. The van der Waals surface area contributed by atoms with Gasteiger partial charge in [0, 0.05) is 10.5 Å². The van der Waals surface area contributed by atoms with Gasteiger partial charge in [-0.1, -0.05) is 78.5 Å². The molecular weight excluding hydrogens is 288 g/mol. The van der Waals surface area contributed by atoms with Crippen LogP contribution >= 0.6 is 11.8 Å². The van der Waals surface area contributed by atoms with E-state index in [1.807, 2.05) is 11.8 Å². The average Bonchev–Trinajstić information content (AvgIpc) is 3.23. The lowest BCUT2D eigenvalue weighted by Gasteiger charge is -2.19. The molecule has 0 fully saturated rings. The summed E-state index contributed by atoms with van der Waals surface area (Å²) in [6.45, 7) is 0. The molecule has 0 radical (unpaired) electrons. The van der Waals surface area contributed by atoms with Crippen LogP contribution in [0.5, 0.6) is 0 Å². The van der Waals surface area contributed by atoms with Gasteiger partial charge in [0.25, 0.3) is 0 Å². The summed E-state index contributed by atoms with van der Waals surface area (Å²) in [5, 5.41) is 0. The Balaban J connectivity index is 1.68. The van der Waals surface area contributed by atoms with Gasteiger partial charge in [-0.05, 0) is 28.9 Å². The highest BCUT2D eigenvalue weighted by Gasteiger charge is 2.52. The molecule has 0 amide bonds. The van der Waals surface area contributed by atoms with E-state index in [4.69, 9.17) is 4.74 Å². The van der Waals surface area contributed by atoms with Crippen molar-refractivity contribution in [1.29, 1.82) is 0 Å². The maximum Gasteiger partial charge on any atom is 0.164 e. The molecule has 2 heteroatoms. The van der Waals surface area contributed by atoms with Crippen molar-refractivity contribution in [2.24, 2.45) is 0 Å². The van der Waals surface area contributed by atoms with E-state index in [1.54, 1.807) is 0 Å². The van der Waals surface area contributed by atoms with Gasteiger partial charge in [-0.3, -0.25) is 0 Å². The summed E-state index contributed by atoms with van der Waals surface area (Å²) in [5.41, 5.74) is 5.16. The fourth-order valence-corrected chi connectivity index (χ4v) is 4.76. The van der Waals surface area contributed by atoms with E-state index in [1.165, 1.54) is 27.2 Å². The zero-order valence-electron chi connectivity index (χ0n) is 11.9. The number of fused-ring (bicyclic) bond motifs is 1. The molecule has 1 spiro atoms. The number of hydrogen-bond donors (Lipinski definition) is 0. The van der Waals surface area contributed by atoms with Crippen LogP contribution in [0.2, 0.25) is 0 Å². The molecule has 2 aromatic carbocycles. The Bertz CT molecular complexity index is 833. The smallest absolute Gasteiger partial charge is 0.164 e. The van der Waals surface area contributed by atoms with Crippen LogP contribution in [-0.4, -0.2) is 11.0 Å². The van der Waals surface area contributed by atoms with Crippen molar-refractivity contribution in [3.8, 4) is 0 Å². The van der Waals surface area contributed by atoms with E-state index in [2.05, 4.69) is 78.9 Å². The van der Waals surface area contributed by atoms with Crippen molar-refractivity contribution < 1.29 is 4.74 Å². The minimum atomic E-state index is -0.305. The first-order valence-corrected chi connectivity index (χ1v) is 8.31. The molecule has 3 aliphatic heterocycles. The maximum atomic E-state index is 6.33. The van der Waals surface area contributed by atoms with Crippen LogP contribution < -0.4 is 0 Å².